The minimum atomic E-state index is 0.0977. The summed E-state index contributed by atoms with van der Waals surface area (Å²) >= 11 is 6.55. The van der Waals surface area contributed by atoms with Gasteiger partial charge in [-0.3, -0.25) is 4.90 Å². The molecule has 2 saturated heterocycles. The van der Waals surface area contributed by atoms with Crippen LogP contribution in [0.1, 0.15) is 49.2 Å². The number of hydrogen-bond donors (Lipinski definition) is 0. The molecule has 30 heavy (non-hydrogen) atoms. The van der Waals surface area contributed by atoms with Gasteiger partial charge in [0.1, 0.15) is 17.4 Å². The Kier molecular flexibility index (Phi) is 5.84. The van der Waals surface area contributed by atoms with Crippen molar-refractivity contribution >= 4 is 28.8 Å². The van der Waals surface area contributed by atoms with Crippen LogP contribution in [-0.2, 0) is 4.74 Å². The van der Waals surface area contributed by atoms with E-state index in [9.17, 15) is 0 Å². The minimum Gasteiger partial charge on any atom is -0.370 e. The lowest BCUT2D eigenvalue weighted by Crippen LogP contribution is -2.36. The molecule has 0 spiro atoms. The van der Waals surface area contributed by atoms with Gasteiger partial charge in [0.05, 0.1) is 0 Å². The highest BCUT2D eigenvalue weighted by molar-refractivity contribution is 6.31. The van der Waals surface area contributed by atoms with E-state index in [1.807, 2.05) is 30.5 Å². The van der Waals surface area contributed by atoms with Crippen LogP contribution in [0.15, 0.2) is 53.7 Å². The number of likely N-dealkylation sites (tertiary alicyclic amines) is 1. The topological polar surface area (TPSA) is 43.2 Å². The first kappa shape index (κ1) is 19.7. The van der Waals surface area contributed by atoms with Crippen LogP contribution >= 0.6 is 11.6 Å². The SMILES string of the molecule is Cl/C(=C\c1ccccc1)CN1CCC(n2c(C3CCCO3)nc3cccnc32)CC1. The smallest absolute Gasteiger partial charge is 0.160 e. The number of nitrogens with zero attached hydrogens (tertiary/aromatic N) is 4. The maximum Gasteiger partial charge on any atom is 0.160 e. The number of hydrogen-bond acceptors (Lipinski definition) is 4. The van der Waals surface area contributed by atoms with Gasteiger partial charge in [-0.15, -0.1) is 0 Å². The lowest BCUT2D eigenvalue weighted by Gasteiger charge is -2.33. The Bertz CT molecular complexity index is 1020. The third kappa shape index (κ3) is 4.15. The highest BCUT2D eigenvalue weighted by atomic mass is 35.5. The Morgan fingerprint density at radius 1 is 1.10 bits per heavy atom. The van der Waals surface area contributed by atoms with E-state index in [1.54, 1.807) is 0 Å². The molecular formula is C24H27ClN4O. The summed E-state index contributed by atoms with van der Waals surface area (Å²) in [7, 11) is 0. The maximum atomic E-state index is 6.55. The first-order valence-electron chi connectivity index (χ1n) is 10.9. The van der Waals surface area contributed by atoms with E-state index in [0.717, 1.165) is 79.5 Å². The summed E-state index contributed by atoms with van der Waals surface area (Å²) in [5.41, 5.74) is 3.11. The second-order valence-electron chi connectivity index (χ2n) is 8.20. The van der Waals surface area contributed by atoms with Crippen molar-refractivity contribution in [3.05, 3.63) is 65.1 Å². The molecular weight excluding hydrogens is 396 g/mol. The van der Waals surface area contributed by atoms with Crippen molar-refractivity contribution in [1.82, 2.24) is 19.4 Å². The Labute approximate surface area is 182 Å². The van der Waals surface area contributed by atoms with Crippen LogP contribution in [0, 0.1) is 0 Å². The van der Waals surface area contributed by atoms with Crippen molar-refractivity contribution in [3.63, 3.8) is 0 Å². The molecule has 2 fully saturated rings. The molecule has 3 aromatic rings. The van der Waals surface area contributed by atoms with Crippen molar-refractivity contribution in [3.8, 4) is 0 Å². The average Bonchev–Trinajstić information content (AvgIpc) is 3.43. The van der Waals surface area contributed by atoms with Gasteiger partial charge in [0, 0.05) is 43.5 Å². The van der Waals surface area contributed by atoms with E-state index in [-0.39, 0.29) is 6.10 Å². The van der Waals surface area contributed by atoms with Gasteiger partial charge >= 0.3 is 0 Å². The summed E-state index contributed by atoms with van der Waals surface area (Å²) in [5, 5.41) is 0.884. The molecule has 0 saturated carbocycles. The summed E-state index contributed by atoms with van der Waals surface area (Å²) in [4.78, 5) is 12.0. The molecule has 6 heteroatoms. The number of fused-ring (bicyclic) bond motifs is 1. The first-order chi connectivity index (χ1) is 14.8. The molecule has 2 aromatic heterocycles. The molecule has 156 valence electrons. The largest absolute Gasteiger partial charge is 0.370 e. The van der Waals surface area contributed by atoms with Gasteiger partial charge in [0.2, 0.25) is 0 Å². The van der Waals surface area contributed by atoms with Crippen molar-refractivity contribution in [2.24, 2.45) is 0 Å². The zero-order valence-corrected chi connectivity index (χ0v) is 17.8. The van der Waals surface area contributed by atoms with Gasteiger partial charge in [-0.05, 0) is 49.5 Å². The number of imidazole rings is 1. The van der Waals surface area contributed by atoms with Gasteiger partial charge < -0.3 is 9.30 Å². The van der Waals surface area contributed by atoms with Crippen molar-refractivity contribution in [1.29, 1.82) is 0 Å². The normalized spacial score (nSPS) is 21.5. The predicted molar refractivity (Wildman–Crippen MR) is 120 cm³/mol. The van der Waals surface area contributed by atoms with E-state index < -0.39 is 0 Å². The number of halogens is 1. The van der Waals surface area contributed by atoms with E-state index >= 15 is 0 Å². The highest BCUT2D eigenvalue weighted by Crippen LogP contribution is 2.35. The lowest BCUT2D eigenvalue weighted by molar-refractivity contribution is 0.0977. The van der Waals surface area contributed by atoms with Gasteiger partial charge in [0.15, 0.2) is 5.65 Å². The van der Waals surface area contributed by atoms with Crippen LogP contribution in [0.2, 0.25) is 0 Å². The van der Waals surface area contributed by atoms with Crippen LogP contribution < -0.4 is 0 Å². The molecule has 0 N–H and O–H groups in total. The monoisotopic (exact) mass is 422 g/mol. The van der Waals surface area contributed by atoms with Crippen LogP contribution in [0.25, 0.3) is 17.2 Å². The quantitative estimate of drug-likeness (QED) is 0.566. The van der Waals surface area contributed by atoms with Crippen LogP contribution in [-0.4, -0.2) is 45.7 Å². The van der Waals surface area contributed by atoms with Gasteiger partial charge in [-0.1, -0.05) is 41.9 Å². The molecule has 0 amide bonds. The Morgan fingerprint density at radius 3 is 2.70 bits per heavy atom. The fraction of sp³-hybridized carbons (Fsp3) is 0.417. The van der Waals surface area contributed by atoms with Crippen molar-refractivity contribution < 1.29 is 4.74 Å². The molecule has 2 aliphatic heterocycles. The number of piperidine rings is 1. The Balaban J connectivity index is 1.30. The molecule has 0 radical (unpaired) electrons. The Morgan fingerprint density at radius 2 is 1.93 bits per heavy atom. The maximum absolute atomic E-state index is 6.55. The number of pyridine rings is 1. The van der Waals surface area contributed by atoms with Crippen LogP contribution in [0.5, 0.6) is 0 Å². The van der Waals surface area contributed by atoms with Gasteiger partial charge in [0.25, 0.3) is 0 Å². The predicted octanol–water partition coefficient (Wildman–Crippen LogP) is 5.20. The first-order valence-corrected chi connectivity index (χ1v) is 11.2. The zero-order chi connectivity index (χ0) is 20.3. The fourth-order valence-corrected chi connectivity index (χ4v) is 4.94. The second kappa shape index (κ2) is 8.88. The lowest BCUT2D eigenvalue weighted by atomic mass is 10.0. The Hall–Kier alpha value is -2.21. The highest BCUT2D eigenvalue weighted by Gasteiger charge is 2.30. The summed E-state index contributed by atoms with van der Waals surface area (Å²) in [6.45, 7) is 3.65. The average molecular weight is 423 g/mol. The summed E-state index contributed by atoms with van der Waals surface area (Å²) < 4.78 is 8.35. The zero-order valence-electron chi connectivity index (χ0n) is 17.1. The molecule has 5 nitrogen and oxygen atoms in total. The standard InChI is InChI=1S/C24H27ClN4O/c25-19(16-18-6-2-1-3-7-18)17-28-13-10-20(11-14-28)29-23-21(8-4-12-26-23)27-24(29)22-9-5-15-30-22/h1-4,6-8,12,16,20,22H,5,9-11,13-15,17H2/b19-16-. The molecule has 0 aliphatic carbocycles. The number of rotatable bonds is 5. The third-order valence-electron chi connectivity index (χ3n) is 6.11. The van der Waals surface area contributed by atoms with Gasteiger partial charge in [-0.2, -0.15) is 0 Å². The van der Waals surface area contributed by atoms with Crippen molar-refractivity contribution in [2.75, 3.05) is 26.2 Å². The second-order valence-corrected chi connectivity index (χ2v) is 8.68. The summed E-state index contributed by atoms with van der Waals surface area (Å²) in [6.07, 6.45) is 8.31. The molecule has 1 aromatic carbocycles. The van der Waals surface area contributed by atoms with Gasteiger partial charge in [-0.25, -0.2) is 9.97 Å². The van der Waals surface area contributed by atoms with Crippen molar-refractivity contribution in [2.45, 2.75) is 37.8 Å². The molecule has 1 unspecified atom stereocenters. The number of ether oxygens (including phenoxy) is 1. The van der Waals surface area contributed by atoms with Crippen LogP contribution in [0.3, 0.4) is 0 Å². The fourth-order valence-electron chi connectivity index (χ4n) is 4.64. The summed E-state index contributed by atoms with van der Waals surface area (Å²) in [6, 6.07) is 14.7. The molecule has 5 rings (SSSR count). The minimum absolute atomic E-state index is 0.0977. The van der Waals surface area contributed by atoms with Crippen LogP contribution in [0.4, 0.5) is 0 Å². The molecule has 1 atom stereocenters. The van der Waals surface area contributed by atoms with E-state index in [1.165, 1.54) is 0 Å². The van der Waals surface area contributed by atoms with E-state index in [4.69, 9.17) is 21.3 Å². The van der Waals surface area contributed by atoms with E-state index in [2.05, 4.69) is 38.7 Å². The molecule has 0 bridgehead atoms. The molecule has 2 aliphatic rings. The summed E-state index contributed by atoms with van der Waals surface area (Å²) in [5.74, 6) is 1.06. The third-order valence-corrected chi connectivity index (χ3v) is 6.34. The molecule has 4 heterocycles. The number of aromatic nitrogens is 3. The van der Waals surface area contributed by atoms with E-state index in [0.29, 0.717) is 6.04 Å². The number of benzene rings is 1.